The molecule has 3 aromatic rings. The molecule has 0 spiro atoms. The van der Waals surface area contributed by atoms with E-state index in [4.69, 9.17) is 4.74 Å². The molecule has 1 N–H and O–H groups in total. The summed E-state index contributed by atoms with van der Waals surface area (Å²) in [4.78, 5) is 28.2. The van der Waals surface area contributed by atoms with E-state index in [1.165, 1.54) is 4.90 Å². The van der Waals surface area contributed by atoms with Gasteiger partial charge in [-0.05, 0) is 30.3 Å². The number of hydrogen-bond acceptors (Lipinski definition) is 4. The van der Waals surface area contributed by atoms with Crippen LogP contribution in [0.25, 0.3) is 10.9 Å². The molecule has 0 fully saturated rings. The molecule has 0 radical (unpaired) electrons. The van der Waals surface area contributed by atoms with Crippen LogP contribution < -0.4 is 9.64 Å². The number of aromatic nitrogens is 1. The van der Waals surface area contributed by atoms with Crippen molar-refractivity contribution in [3.05, 3.63) is 71.6 Å². The van der Waals surface area contributed by atoms with Crippen LogP contribution in [0, 0.1) is 5.41 Å². The van der Waals surface area contributed by atoms with Gasteiger partial charge in [0.2, 0.25) is 0 Å². The highest BCUT2D eigenvalue weighted by molar-refractivity contribution is 6.18. The molecule has 1 atom stereocenters. The van der Waals surface area contributed by atoms with Gasteiger partial charge in [0.15, 0.2) is 11.5 Å². The lowest BCUT2D eigenvalue weighted by molar-refractivity contribution is -0.123. The molecule has 0 aliphatic carbocycles. The maximum Gasteiger partial charge on any atom is 0.294 e. The lowest BCUT2D eigenvalue weighted by Gasteiger charge is -2.28. The Labute approximate surface area is 181 Å². The Balaban J connectivity index is 1.97. The zero-order valence-electron chi connectivity index (χ0n) is 18.3. The molecule has 160 valence electrons. The van der Waals surface area contributed by atoms with Crippen LogP contribution in [-0.4, -0.2) is 28.5 Å². The molecule has 31 heavy (non-hydrogen) atoms. The van der Waals surface area contributed by atoms with Crippen molar-refractivity contribution in [3.8, 4) is 5.75 Å². The van der Waals surface area contributed by atoms with Crippen LogP contribution in [0.5, 0.6) is 5.75 Å². The van der Waals surface area contributed by atoms with Gasteiger partial charge in [-0.15, -0.1) is 0 Å². The van der Waals surface area contributed by atoms with Gasteiger partial charge in [-0.3, -0.25) is 14.5 Å². The normalized spacial score (nSPS) is 17.0. The minimum Gasteiger partial charge on any atom is -0.503 e. The molecule has 0 saturated heterocycles. The highest BCUT2D eigenvalue weighted by Crippen LogP contribution is 2.45. The zero-order valence-corrected chi connectivity index (χ0v) is 18.3. The molecule has 2 aromatic carbocycles. The SMILES string of the molecule is COc1ccc(N2C(=O)C(O)=C(C(=O)C(C)(C)C)C2c2cn(C)c3ccccc23)cc1. The van der Waals surface area contributed by atoms with E-state index in [2.05, 4.69) is 0 Å². The number of carbonyl (C=O) groups is 2. The van der Waals surface area contributed by atoms with Crippen molar-refractivity contribution in [2.45, 2.75) is 26.8 Å². The number of rotatable bonds is 4. The number of methoxy groups -OCH3 is 1. The second-order valence-corrected chi connectivity index (χ2v) is 8.83. The van der Waals surface area contributed by atoms with E-state index in [1.807, 2.05) is 42.1 Å². The number of Topliss-reactive ketones (excluding diaryl/α,β-unsaturated/α-hetero) is 1. The molecule has 1 aliphatic heterocycles. The number of carbonyl (C=O) groups excluding carboxylic acids is 2. The zero-order chi connectivity index (χ0) is 22.5. The van der Waals surface area contributed by atoms with Crippen LogP contribution in [0.15, 0.2) is 66.1 Å². The summed E-state index contributed by atoms with van der Waals surface area (Å²) < 4.78 is 7.20. The van der Waals surface area contributed by atoms with E-state index in [0.717, 1.165) is 16.5 Å². The lowest BCUT2D eigenvalue weighted by atomic mass is 9.82. The summed E-state index contributed by atoms with van der Waals surface area (Å²) in [6, 6.07) is 14.1. The molecule has 1 aromatic heterocycles. The number of ether oxygens (including phenoxy) is 1. The number of aliphatic hydroxyl groups excluding tert-OH is 1. The highest BCUT2D eigenvalue weighted by atomic mass is 16.5. The van der Waals surface area contributed by atoms with Crippen LogP contribution in [0.2, 0.25) is 0 Å². The molecular weight excluding hydrogens is 392 g/mol. The number of anilines is 1. The van der Waals surface area contributed by atoms with E-state index in [-0.39, 0.29) is 11.4 Å². The Kier molecular flexibility index (Phi) is 4.88. The first-order valence-electron chi connectivity index (χ1n) is 10.1. The second kappa shape index (κ2) is 7.30. The quantitative estimate of drug-likeness (QED) is 0.667. The topological polar surface area (TPSA) is 71.8 Å². The molecule has 1 amide bonds. The smallest absolute Gasteiger partial charge is 0.294 e. The van der Waals surface area contributed by atoms with E-state index < -0.39 is 23.1 Å². The van der Waals surface area contributed by atoms with Gasteiger partial charge in [0.25, 0.3) is 5.91 Å². The number of nitrogens with zero attached hydrogens (tertiary/aromatic N) is 2. The predicted molar refractivity (Wildman–Crippen MR) is 120 cm³/mol. The standard InChI is InChI=1S/C25H26N2O4/c1-25(2,3)23(29)20-21(18-14-26(4)19-9-7-6-8-17(18)19)27(24(30)22(20)28)15-10-12-16(31-5)13-11-15/h6-14,21,28H,1-5H3. The average molecular weight is 418 g/mol. The monoisotopic (exact) mass is 418 g/mol. The summed E-state index contributed by atoms with van der Waals surface area (Å²) in [6.07, 6.45) is 1.92. The fourth-order valence-electron chi connectivity index (χ4n) is 4.14. The fourth-order valence-corrected chi connectivity index (χ4v) is 4.14. The first-order chi connectivity index (χ1) is 14.6. The number of fused-ring (bicyclic) bond motifs is 1. The molecule has 1 aliphatic rings. The maximum absolute atomic E-state index is 13.4. The van der Waals surface area contributed by atoms with Crippen molar-refractivity contribution in [1.82, 2.24) is 4.57 Å². The molecule has 1 unspecified atom stereocenters. The highest BCUT2D eigenvalue weighted by Gasteiger charge is 2.47. The molecule has 6 nitrogen and oxygen atoms in total. The Hall–Kier alpha value is -3.54. The third-order valence-electron chi connectivity index (χ3n) is 5.71. The number of para-hydroxylation sites is 1. The molecule has 4 rings (SSSR count). The van der Waals surface area contributed by atoms with Crippen molar-refractivity contribution >= 4 is 28.3 Å². The van der Waals surface area contributed by atoms with Gasteiger partial charge in [0, 0.05) is 40.8 Å². The van der Waals surface area contributed by atoms with Gasteiger partial charge in [-0.25, -0.2) is 0 Å². The Morgan fingerprint density at radius 3 is 2.32 bits per heavy atom. The summed E-state index contributed by atoms with van der Waals surface area (Å²) in [6.45, 7) is 5.36. The van der Waals surface area contributed by atoms with Crippen LogP contribution in [-0.2, 0) is 16.6 Å². The summed E-state index contributed by atoms with van der Waals surface area (Å²) in [5.74, 6) is -0.683. The average Bonchev–Trinajstić information content (AvgIpc) is 3.21. The Morgan fingerprint density at radius 2 is 1.71 bits per heavy atom. The summed E-state index contributed by atoms with van der Waals surface area (Å²) in [7, 11) is 3.50. The summed E-state index contributed by atoms with van der Waals surface area (Å²) in [5, 5.41) is 11.8. The van der Waals surface area contributed by atoms with Crippen molar-refractivity contribution in [2.75, 3.05) is 12.0 Å². The first kappa shape index (κ1) is 20.7. The minimum absolute atomic E-state index is 0.129. The van der Waals surface area contributed by atoms with Crippen molar-refractivity contribution in [2.24, 2.45) is 12.5 Å². The number of aliphatic hydroxyl groups is 1. The number of aryl methyl sites for hydroxylation is 1. The van der Waals surface area contributed by atoms with Gasteiger partial charge in [0.1, 0.15) is 5.75 Å². The molecule has 0 bridgehead atoms. The largest absolute Gasteiger partial charge is 0.503 e. The van der Waals surface area contributed by atoms with E-state index in [1.54, 1.807) is 52.1 Å². The molecular formula is C25H26N2O4. The number of ketones is 1. The maximum atomic E-state index is 13.4. The van der Waals surface area contributed by atoms with Crippen molar-refractivity contribution in [1.29, 1.82) is 0 Å². The van der Waals surface area contributed by atoms with Gasteiger partial charge >= 0.3 is 0 Å². The predicted octanol–water partition coefficient (Wildman–Crippen LogP) is 4.70. The lowest BCUT2D eigenvalue weighted by Crippen LogP contribution is -2.32. The van der Waals surface area contributed by atoms with Crippen LogP contribution >= 0.6 is 0 Å². The van der Waals surface area contributed by atoms with E-state index in [9.17, 15) is 14.7 Å². The van der Waals surface area contributed by atoms with Crippen LogP contribution in [0.1, 0.15) is 32.4 Å². The van der Waals surface area contributed by atoms with E-state index >= 15 is 0 Å². The van der Waals surface area contributed by atoms with E-state index in [0.29, 0.717) is 11.4 Å². The van der Waals surface area contributed by atoms with Gasteiger partial charge in [-0.1, -0.05) is 39.0 Å². The molecule has 0 saturated carbocycles. The Bertz CT molecular complexity index is 1210. The summed E-state index contributed by atoms with van der Waals surface area (Å²) >= 11 is 0. The Morgan fingerprint density at radius 1 is 1.06 bits per heavy atom. The van der Waals surface area contributed by atoms with Gasteiger partial charge < -0.3 is 14.4 Å². The third kappa shape index (κ3) is 3.28. The molecule has 2 heterocycles. The third-order valence-corrected chi connectivity index (χ3v) is 5.71. The molecule has 6 heteroatoms. The van der Waals surface area contributed by atoms with Crippen LogP contribution in [0.4, 0.5) is 5.69 Å². The fraction of sp³-hybridized carbons (Fsp3) is 0.280. The number of hydrogen-bond donors (Lipinski definition) is 1. The van der Waals surface area contributed by atoms with Gasteiger partial charge in [0.05, 0.1) is 18.7 Å². The summed E-state index contributed by atoms with van der Waals surface area (Å²) in [5.41, 5.74) is 1.71. The number of amides is 1. The van der Waals surface area contributed by atoms with Gasteiger partial charge in [-0.2, -0.15) is 0 Å². The minimum atomic E-state index is -0.762. The van der Waals surface area contributed by atoms with Crippen LogP contribution in [0.3, 0.4) is 0 Å². The van der Waals surface area contributed by atoms with Crippen molar-refractivity contribution in [3.63, 3.8) is 0 Å². The first-order valence-corrected chi connectivity index (χ1v) is 10.1. The van der Waals surface area contributed by atoms with Crippen molar-refractivity contribution < 1.29 is 19.4 Å². The second-order valence-electron chi connectivity index (χ2n) is 8.83. The number of benzene rings is 2.